The first-order valence-corrected chi connectivity index (χ1v) is 7.98. The largest absolute Gasteiger partial charge is 0.486 e. The minimum Gasteiger partial charge on any atom is -0.486 e. The molecule has 0 aliphatic heterocycles. The number of rotatable bonds is 6. The van der Waals surface area contributed by atoms with Gasteiger partial charge >= 0.3 is 0 Å². The summed E-state index contributed by atoms with van der Waals surface area (Å²) < 4.78 is 9.07. The molecule has 2 aromatic heterocycles. The summed E-state index contributed by atoms with van der Waals surface area (Å²) in [6, 6.07) is 8.36. The maximum atomic E-state index is 5.90. The fraction of sp³-hybridized carbons (Fsp3) is 0.312. The van der Waals surface area contributed by atoms with E-state index in [9.17, 15) is 0 Å². The van der Waals surface area contributed by atoms with Crippen molar-refractivity contribution in [1.82, 2.24) is 9.78 Å². The molecule has 0 aliphatic rings. The van der Waals surface area contributed by atoms with E-state index < -0.39 is 0 Å². The third kappa shape index (κ3) is 2.94. The average molecular weight is 301 g/mol. The van der Waals surface area contributed by atoms with Crippen LogP contribution < -0.4 is 10.5 Å². The number of nitrogens with two attached hydrogens (primary N) is 1. The van der Waals surface area contributed by atoms with Crippen LogP contribution in [0.4, 0.5) is 0 Å². The maximum absolute atomic E-state index is 5.90. The second-order valence-corrected chi connectivity index (χ2v) is 6.07. The Morgan fingerprint density at radius 2 is 2.19 bits per heavy atom. The van der Waals surface area contributed by atoms with Gasteiger partial charge in [0.25, 0.3) is 0 Å². The molecule has 0 fully saturated rings. The second-order valence-electron chi connectivity index (χ2n) is 4.93. The molecule has 0 bridgehead atoms. The smallest absolute Gasteiger partial charge is 0.157 e. The van der Waals surface area contributed by atoms with Gasteiger partial charge in [0.05, 0.1) is 12.4 Å². The lowest BCUT2D eigenvalue weighted by atomic mass is 10.1. The molecule has 1 aromatic carbocycles. The number of nitrogens with zero attached hydrogens (tertiary/aromatic N) is 2. The van der Waals surface area contributed by atoms with Crippen molar-refractivity contribution in [1.29, 1.82) is 0 Å². The third-order valence-electron chi connectivity index (χ3n) is 3.41. The molecule has 4 nitrogen and oxygen atoms in total. The van der Waals surface area contributed by atoms with Gasteiger partial charge in [-0.3, -0.25) is 4.68 Å². The van der Waals surface area contributed by atoms with Crippen molar-refractivity contribution < 1.29 is 4.74 Å². The molecule has 0 spiro atoms. The molecule has 2 heterocycles. The van der Waals surface area contributed by atoms with Gasteiger partial charge in [0.1, 0.15) is 6.61 Å². The summed E-state index contributed by atoms with van der Waals surface area (Å²) in [6.45, 7) is 4.13. The number of thiophene rings is 1. The van der Waals surface area contributed by atoms with Crippen LogP contribution in [0, 0.1) is 0 Å². The Hall–Kier alpha value is -1.85. The minimum absolute atomic E-state index is 0.536. The molecule has 0 aliphatic carbocycles. The second kappa shape index (κ2) is 6.28. The maximum Gasteiger partial charge on any atom is 0.157 e. The van der Waals surface area contributed by atoms with Gasteiger partial charge in [-0.1, -0.05) is 25.1 Å². The quantitative estimate of drug-likeness (QED) is 0.757. The van der Waals surface area contributed by atoms with E-state index >= 15 is 0 Å². The lowest BCUT2D eigenvalue weighted by molar-refractivity contribution is 0.306. The topological polar surface area (TPSA) is 53.1 Å². The summed E-state index contributed by atoms with van der Waals surface area (Å²) in [7, 11) is 0. The number of fused-ring (bicyclic) bond motifs is 1. The molecule has 0 atom stereocenters. The normalized spacial score (nSPS) is 11.1. The number of aromatic nitrogens is 2. The van der Waals surface area contributed by atoms with Crippen molar-refractivity contribution >= 4 is 21.4 Å². The summed E-state index contributed by atoms with van der Waals surface area (Å²) >= 11 is 1.75. The summed E-state index contributed by atoms with van der Waals surface area (Å²) in [6.07, 6.45) is 4.78. The van der Waals surface area contributed by atoms with E-state index in [1.807, 2.05) is 10.9 Å². The van der Waals surface area contributed by atoms with Gasteiger partial charge in [-0.15, -0.1) is 11.3 Å². The van der Waals surface area contributed by atoms with Gasteiger partial charge in [-0.05, 0) is 17.9 Å². The first-order valence-electron chi connectivity index (χ1n) is 7.16. The lowest BCUT2D eigenvalue weighted by Crippen LogP contribution is -2.01. The van der Waals surface area contributed by atoms with Crippen LogP contribution in [0.2, 0.25) is 0 Å². The highest BCUT2D eigenvalue weighted by Gasteiger charge is 2.11. The van der Waals surface area contributed by atoms with Gasteiger partial charge in [0.2, 0.25) is 0 Å². The van der Waals surface area contributed by atoms with Crippen LogP contribution in [-0.2, 0) is 19.7 Å². The Kier molecular flexibility index (Phi) is 4.22. The fourth-order valence-corrected chi connectivity index (χ4v) is 3.49. The number of hydrogen-bond donors (Lipinski definition) is 1. The lowest BCUT2D eigenvalue weighted by Gasteiger charge is -2.05. The van der Waals surface area contributed by atoms with Crippen molar-refractivity contribution in [2.45, 2.75) is 33.0 Å². The zero-order chi connectivity index (χ0) is 14.7. The van der Waals surface area contributed by atoms with Crippen molar-refractivity contribution in [3.63, 3.8) is 0 Å². The van der Waals surface area contributed by atoms with Crippen LogP contribution in [0.5, 0.6) is 5.75 Å². The molecule has 2 N–H and O–H groups in total. The standard InChI is InChI=1S/C16H19N3OS/c1-2-7-19-10-12(9-18-19)20-11-14-13-5-3-4-6-15(13)21-16(14)8-17/h3-6,9-10H,2,7-8,11,17H2,1H3. The number of hydrogen-bond acceptors (Lipinski definition) is 4. The number of aryl methyl sites for hydroxylation is 1. The molecule has 21 heavy (non-hydrogen) atoms. The molecular formula is C16H19N3OS. The Balaban J connectivity index is 1.80. The van der Waals surface area contributed by atoms with Crippen molar-refractivity contribution in [2.24, 2.45) is 5.73 Å². The molecule has 0 saturated heterocycles. The summed E-state index contributed by atoms with van der Waals surface area (Å²) in [5.41, 5.74) is 7.06. The van der Waals surface area contributed by atoms with Crippen LogP contribution in [0.15, 0.2) is 36.7 Å². The average Bonchev–Trinajstić information content (AvgIpc) is 3.09. The van der Waals surface area contributed by atoms with Crippen LogP contribution in [0.25, 0.3) is 10.1 Å². The van der Waals surface area contributed by atoms with E-state index in [0.717, 1.165) is 18.7 Å². The van der Waals surface area contributed by atoms with Crippen molar-refractivity contribution in [2.75, 3.05) is 0 Å². The van der Waals surface area contributed by atoms with E-state index in [2.05, 4.69) is 36.3 Å². The summed E-state index contributed by atoms with van der Waals surface area (Å²) in [5, 5.41) is 5.52. The molecule has 3 rings (SSSR count). The first-order chi connectivity index (χ1) is 10.3. The third-order valence-corrected chi connectivity index (χ3v) is 4.65. The zero-order valence-electron chi connectivity index (χ0n) is 12.1. The SMILES string of the molecule is CCCn1cc(OCc2c(CN)sc3ccccc23)cn1. The Morgan fingerprint density at radius 1 is 1.33 bits per heavy atom. The highest BCUT2D eigenvalue weighted by molar-refractivity contribution is 7.19. The predicted molar refractivity (Wildman–Crippen MR) is 86.6 cm³/mol. The molecular weight excluding hydrogens is 282 g/mol. The van der Waals surface area contributed by atoms with Crippen LogP contribution in [0.3, 0.4) is 0 Å². The van der Waals surface area contributed by atoms with Crippen molar-refractivity contribution in [3.05, 3.63) is 47.1 Å². The van der Waals surface area contributed by atoms with Gasteiger partial charge in [-0.2, -0.15) is 5.10 Å². The molecule has 3 aromatic rings. The van der Waals surface area contributed by atoms with Gasteiger partial charge < -0.3 is 10.5 Å². The number of benzene rings is 1. The summed E-state index contributed by atoms with van der Waals surface area (Å²) in [5.74, 6) is 0.807. The highest BCUT2D eigenvalue weighted by Crippen LogP contribution is 2.31. The van der Waals surface area contributed by atoms with Crippen LogP contribution in [-0.4, -0.2) is 9.78 Å². The van der Waals surface area contributed by atoms with E-state index in [0.29, 0.717) is 13.2 Å². The van der Waals surface area contributed by atoms with Crippen molar-refractivity contribution in [3.8, 4) is 5.75 Å². The molecule has 0 radical (unpaired) electrons. The molecule has 0 amide bonds. The zero-order valence-corrected chi connectivity index (χ0v) is 12.9. The van der Waals surface area contributed by atoms with Gasteiger partial charge in [0, 0.05) is 28.2 Å². The van der Waals surface area contributed by atoms with E-state index in [1.54, 1.807) is 17.5 Å². The number of ether oxygens (including phenoxy) is 1. The first kappa shape index (κ1) is 14.1. The van der Waals surface area contributed by atoms with E-state index in [1.165, 1.54) is 20.5 Å². The van der Waals surface area contributed by atoms with Gasteiger partial charge in [-0.25, -0.2) is 0 Å². The fourth-order valence-electron chi connectivity index (χ4n) is 2.40. The van der Waals surface area contributed by atoms with Crippen LogP contribution in [0.1, 0.15) is 23.8 Å². The summed E-state index contributed by atoms with van der Waals surface area (Å²) in [4.78, 5) is 1.19. The van der Waals surface area contributed by atoms with E-state index in [4.69, 9.17) is 10.5 Å². The predicted octanol–water partition coefficient (Wildman–Crippen LogP) is 3.55. The minimum atomic E-state index is 0.536. The van der Waals surface area contributed by atoms with E-state index in [-0.39, 0.29) is 0 Å². The molecule has 110 valence electrons. The van der Waals surface area contributed by atoms with Gasteiger partial charge in [0.15, 0.2) is 5.75 Å². The molecule has 5 heteroatoms. The Morgan fingerprint density at radius 3 is 3.00 bits per heavy atom. The molecule has 0 unspecified atom stereocenters. The monoisotopic (exact) mass is 301 g/mol. The highest BCUT2D eigenvalue weighted by atomic mass is 32.1. The Labute approximate surface area is 128 Å². The molecule has 0 saturated carbocycles. The van der Waals surface area contributed by atoms with Crippen LogP contribution >= 0.6 is 11.3 Å². The Bertz CT molecular complexity index is 732.